The van der Waals surface area contributed by atoms with E-state index >= 15 is 0 Å². The average Bonchev–Trinajstić information content (AvgIpc) is 2.50. The van der Waals surface area contributed by atoms with Crippen LogP contribution >= 0.6 is 11.6 Å². The number of benzene rings is 1. The molecule has 0 fully saturated rings. The zero-order valence-electron chi connectivity index (χ0n) is 11.7. The van der Waals surface area contributed by atoms with Crippen molar-refractivity contribution in [3.05, 3.63) is 59.4 Å². The maximum atomic E-state index is 11.9. The fraction of sp³-hybridized carbons (Fsp3) is 0.200. The van der Waals surface area contributed by atoms with Crippen LogP contribution in [-0.4, -0.2) is 19.3 Å². The molecule has 7 heteroatoms. The van der Waals surface area contributed by atoms with Crippen molar-refractivity contribution in [2.45, 2.75) is 24.2 Å². The molecule has 0 aliphatic carbocycles. The number of aromatic nitrogens is 1. The Balaban J connectivity index is 1.84. The molecule has 1 amide bonds. The van der Waals surface area contributed by atoms with Crippen molar-refractivity contribution in [1.82, 2.24) is 9.71 Å². The Kier molecular flexibility index (Phi) is 5.51. The third-order valence-corrected chi connectivity index (χ3v) is 4.59. The minimum atomic E-state index is -3.84. The van der Waals surface area contributed by atoms with Gasteiger partial charge in [-0.05, 0) is 42.7 Å². The fourth-order valence-electron chi connectivity index (χ4n) is 1.87. The number of carbonyl (C=O) groups is 1. The first-order chi connectivity index (χ1) is 10.5. The van der Waals surface area contributed by atoms with Gasteiger partial charge in [0.25, 0.3) is 10.0 Å². The van der Waals surface area contributed by atoms with Crippen LogP contribution in [0.15, 0.2) is 53.7 Å². The summed E-state index contributed by atoms with van der Waals surface area (Å²) in [5.41, 5.74) is 1.05. The Labute approximate surface area is 134 Å². The number of rotatable bonds is 6. The molecule has 1 N–H and O–H groups in total. The van der Waals surface area contributed by atoms with Gasteiger partial charge in [-0.1, -0.05) is 23.7 Å². The lowest BCUT2D eigenvalue weighted by atomic mass is 10.1. The van der Waals surface area contributed by atoms with Gasteiger partial charge in [-0.2, -0.15) is 0 Å². The predicted molar refractivity (Wildman–Crippen MR) is 84.0 cm³/mol. The lowest BCUT2D eigenvalue weighted by Gasteiger charge is -2.06. The molecule has 22 heavy (non-hydrogen) atoms. The van der Waals surface area contributed by atoms with Gasteiger partial charge in [0.1, 0.15) is 4.90 Å². The topological polar surface area (TPSA) is 76.1 Å². The van der Waals surface area contributed by atoms with Crippen molar-refractivity contribution in [1.29, 1.82) is 0 Å². The largest absolute Gasteiger partial charge is 0.274 e. The number of amides is 1. The van der Waals surface area contributed by atoms with Crippen molar-refractivity contribution in [3.63, 3.8) is 0 Å². The molecule has 0 atom stereocenters. The van der Waals surface area contributed by atoms with Gasteiger partial charge in [-0.15, -0.1) is 0 Å². The van der Waals surface area contributed by atoms with Crippen LogP contribution in [-0.2, 0) is 21.2 Å². The van der Waals surface area contributed by atoms with Gasteiger partial charge in [0, 0.05) is 23.8 Å². The summed E-state index contributed by atoms with van der Waals surface area (Å²) in [5.74, 6) is -0.530. The predicted octanol–water partition coefficient (Wildman–Crippen LogP) is 2.56. The molecule has 0 saturated heterocycles. The molecule has 0 bridgehead atoms. The zero-order valence-corrected chi connectivity index (χ0v) is 13.3. The van der Waals surface area contributed by atoms with E-state index in [0.717, 1.165) is 5.56 Å². The SMILES string of the molecule is O=C(CCCc1ccc(Cl)cc1)NS(=O)(=O)c1cccnc1. The van der Waals surface area contributed by atoms with Crippen molar-refractivity contribution in [2.24, 2.45) is 0 Å². The quantitative estimate of drug-likeness (QED) is 0.878. The maximum absolute atomic E-state index is 11.9. The van der Waals surface area contributed by atoms with E-state index < -0.39 is 15.9 Å². The molecule has 116 valence electrons. The summed E-state index contributed by atoms with van der Waals surface area (Å²) in [6, 6.07) is 10.2. The van der Waals surface area contributed by atoms with Crippen molar-refractivity contribution in [3.8, 4) is 0 Å². The first kappa shape index (κ1) is 16.5. The number of sulfonamides is 1. The van der Waals surface area contributed by atoms with E-state index in [9.17, 15) is 13.2 Å². The lowest BCUT2D eigenvalue weighted by molar-refractivity contribution is -0.119. The first-order valence-electron chi connectivity index (χ1n) is 6.67. The number of pyridine rings is 1. The van der Waals surface area contributed by atoms with E-state index in [-0.39, 0.29) is 11.3 Å². The normalized spacial score (nSPS) is 11.1. The van der Waals surface area contributed by atoms with Gasteiger partial charge >= 0.3 is 0 Å². The van der Waals surface area contributed by atoms with E-state index in [1.807, 2.05) is 16.9 Å². The van der Waals surface area contributed by atoms with Crippen LogP contribution in [0.4, 0.5) is 0 Å². The Hall–Kier alpha value is -1.92. The second-order valence-electron chi connectivity index (χ2n) is 4.70. The third-order valence-electron chi connectivity index (χ3n) is 2.98. The number of carbonyl (C=O) groups excluding carboxylic acids is 1. The minimum Gasteiger partial charge on any atom is -0.274 e. The van der Waals surface area contributed by atoms with Crippen molar-refractivity contribution >= 4 is 27.5 Å². The van der Waals surface area contributed by atoms with Crippen molar-refractivity contribution < 1.29 is 13.2 Å². The molecule has 0 aliphatic heterocycles. The molecule has 1 aromatic carbocycles. The van der Waals surface area contributed by atoms with Gasteiger partial charge in [-0.25, -0.2) is 13.1 Å². The lowest BCUT2D eigenvalue weighted by Crippen LogP contribution is -2.30. The van der Waals surface area contributed by atoms with Crippen LogP contribution < -0.4 is 4.72 Å². The summed E-state index contributed by atoms with van der Waals surface area (Å²) in [4.78, 5) is 15.4. The number of halogens is 1. The molecule has 2 rings (SSSR count). The summed E-state index contributed by atoms with van der Waals surface area (Å²) in [6.45, 7) is 0. The standard InChI is InChI=1S/C15H15ClN2O3S/c16-13-8-6-12(7-9-13)3-1-5-15(19)18-22(20,21)14-4-2-10-17-11-14/h2,4,6-11H,1,3,5H2,(H,18,19). The Morgan fingerprint density at radius 3 is 2.55 bits per heavy atom. The van der Waals surface area contributed by atoms with E-state index in [4.69, 9.17) is 11.6 Å². The second kappa shape index (κ2) is 7.38. The molecule has 0 saturated carbocycles. The number of nitrogens with zero attached hydrogens (tertiary/aromatic N) is 1. The first-order valence-corrected chi connectivity index (χ1v) is 8.53. The number of nitrogens with one attached hydrogen (secondary N) is 1. The summed E-state index contributed by atoms with van der Waals surface area (Å²) in [5, 5.41) is 0.657. The average molecular weight is 339 g/mol. The summed E-state index contributed by atoms with van der Waals surface area (Å²) >= 11 is 5.79. The molecule has 0 unspecified atom stereocenters. The molecule has 0 aliphatic rings. The summed E-state index contributed by atoms with van der Waals surface area (Å²) in [7, 11) is -3.84. The number of hydrogen-bond acceptors (Lipinski definition) is 4. The van der Waals surface area contributed by atoms with Crippen molar-refractivity contribution in [2.75, 3.05) is 0 Å². The summed E-state index contributed by atoms with van der Waals surface area (Å²) in [6.07, 6.45) is 4.02. The van der Waals surface area contributed by atoms with E-state index in [2.05, 4.69) is 4.98 Å². The molecule has 1 heterocycles. The van der Waals surface area contributed by atoms with Crippen LogP contribution in [0, 0.1) is 0 Å². The smallest absolute Gasteiger partial charge is 0.265 e. The molecule has 1 aromatic heterocycles. The Bertz CT molecular complexity index is 731. The zero-order chi connectivity index (χ0) is 16.0. The highest BCUT2D eigenvalue weighted by atomic mass is 35.5. The highest BCUT2D eigenvalue weighted by Crippen LogP contribution is 2.12. The Morgan fingerprint density at radius 1 is 1.18 bits per heavy atom. The van der Waals surface area contributed by atoms with Crippen LogP contribution in [0.2, 0.25) is 5.02 Å². The molecule has 0 spiro atoms. The van der Waals surface area contributed by atoms with Crippen LogP contribution in [0.3, 0.4) is 0 Å². The third kappa shape index (κ3) is 4.82. The van der Waals surface area contributed by atoms with Crippen LogP contribution in [0.5, 0.6) is 0 Å². The van der Waals surface area contributed by atoms with E-state index in [1.54, 1.807) is 12.1 Å². The highest BCUT2D eigenvalue weighted by molar-refractivity contribution is 7.90. The molecular weight excluding hydrogens is 324 g/mol. The molecule has 2 aromatic rings. The van der Waals surface area contributed by atoms with Crippen LogP contribution in [0.25, 0.3) is 0 Å². The highest BCUT2D eigenvalue weighted by Gasteiger charge is 2.17. The van der Waals surface area contributed by atoms with Gasteiger partial charge in [0.2, 0.25) is 5.91 Å². The van der Waals surface area contributed by atoms with Gasteiger partial charge < -0.3 is 0 Å². The Morgan fingerprint density at radius 2 is 1.91 bits per heavy atom. The number of hydrogen-bond donors (Lipinski definition) is 1. The van der Waals surface area contributed by atoms with Gasteiger partial charge in [0.05, 0.1) is 0 Å². The van der Waals surface area contributed by atoms with E-state index in [0.29, 0.717) is 17.9 Å². The van der Waals surface area contributed by atoms with E-state index in [1.165, 1.54) is 24.5 Å². The maximum Gasteiger partial charge on any atom is 0.265 e. The molecular formula is C15H15ClN2O3S. The second-order valence-corrected chi connectivity index (χ2v) is 6.82. The van der Waals surface area contributed by atoms with Gasteiger partial charge in [-0.3, -0.25) is 9.78 Å². The summed E-state index contributed by atoms with van der Waals surface area (Å²) < 4.78 is 25.9. The van der Waals surface area contributed by atoms with Gasteiger partial charge in [0.15, 0.2) is 0 Å². The monoisotopic (exact) mass is 338 g/mol. The van der Waals surface area contributed by atoms with Crippen LogP contribution in [0.1, 0.15) is 18.4 Å². The number of aryl methyl sites for hydroxylation is 1. The fourth-order valence-corrected chi connectivity index (χ4v) is 2.97. The molecule has 5 nitrogen and oxygen atoms in total. The minimum absolute atomic E-state index is 0.0268. The molecule has 0 radical (unpaired) electrons.